The summed E-state index contributed by atoms with van der Waals surface area (Å²) in [5.41, 5.74) is 0. The molecule has 0 bridgehead atoms. The summed E-state index contributed by atoms with van der Waals surface area (Å²) in [7, 11) is 1.78. The Morgan fingerprint density at radius 3 is 2.57 bits per heavy atom. The fourth-order valence-corrected chi connectivity index (χ4v) is 3.54. The van der Waals surface area contributed by atoms with Gasteiger partial charge >= 0.3 is 0 Å². The van der Waals surface area contributed by atoms with Crippen molar-refractivity contribution in [1.29, 1.82) is 0 Å². The first kappa shape index (κ1) is 16.6. The number of ether oxygens (including phenoxy) is 1. The highest BCUT2D eigenvalue weighted by Crippen LogP contribution is 2.33. The van der Waals surface area contributed by atoms with E-state index in [2.05, 4.69) is 22.0 Å². The molecule has 114 valence electrons. The van der Waals surface area contributed by atoms with E-state index in [1.54, 1.807) is 0 Å². The Bertz CT molecular complexity index is 716. The zero-order chi connectivity index (χ0) is 15.3. The average molecular weight is 392 g/mol. The van der Waals surface area contributed by atoms with Crippen LogP contribution in [0.2, 0.25) is 0 Å². The van der Waals surface area contributed by atoms with Gasteiger partial charge in [0.15, 0.2) is 0 Å². The molecule has 0 amide bonds. The molecule has 0 aromatic heterocycles. The summed E-state index contributed by atoms with van der Waals surface area (Å²) in [5.74, 6) is 0.826. The summed E-state index contributed by atoms with van der Waals surface area (Å²) >= 11 is 3.57. The lowest BCUT2D eigenvalue weighted by atomic mass is 10.1. The molecule has 0 N–H and O–H groups in total. The van der Waals surface area contributed by atoms with Crippen LogP contribution in [0.4, 0.5) is 0 Å². The van der Waals surface area contributed by atoms with Crippen molar-refractivity contribution in [3.05, 3.63) is 40.9 Å². The lowest BCUT2D eigenvalue weighted by Crippen LogP contribution is -2.01. The van der Waals surface area contributed by atoms with Crippen LogP contribution in [0.3, 0.4) is 0 Å². The molecule has 0 radical (unpaired) electrons. The van der Waals surface area contributed by atoms with Gasteiger partial charge in [0.05, 0.1) is 16.8 Å². The van der Waals surface area contributed by atoms with Crippen molar-refractivity contribution < 1.29 is 13.2 Å². The molecular weight excluding hydrogens is 376 g/mol. The van der Waals surface area contributed by atoms with E-state index in [9.17, 15) is 8.42 Å². The van der Waals surface area contributed by atoms with Crippen LogP contribution in [0.15, 0.2) is 40.9 Å². The van der Waals surface area contributed by atoms with Gasteiger partial charge in [0.2, 0.25) is 9.05 Å². The highest BCUT2D eigenvalue weighted by atomic mass is 79.9. The van der Waals surface area contributed by atoms with Gasteiger partial charge in [-0.3, -0.25) is 0 Å². The van der Waals surface area contributed by atoms with Crippen LogP contribution in [0.25, 0.3) is 10.8 Å². The summed E-state index contributed by atoms with van der Waals surface area (Å²) in [6.07, 6.45) is 2.14. The molecule has 2 rings (SSSR count). The summed E-state index contributed by atoms with van der Waals surface area (Å²) < 4.78 is 28.3. The molecule has 6 heteroatoms. The lowest BCUT2D eigenvalue weighted by molar-refractivity contribution is 0.305. The number of rotatable bonds is 7. The quantitative estimate of drug-likeness (QED) is 0.506. The Morgan fingerprint density at radius 2 is 1.81 bits per heavy atom. The molecule has 0 aliphatic heterocycles. The largest absolute Gasteiger partial charge is 0.492 e. The van der Waals surface area contributed by atoms with E-state index in [0.29, 0.717) is 13.0 Å². The maximum Gasteiger partial charge on any atom is 0.232 e. The third-order valence-corrected chi connectivity index (χ3v) is 5.18. The minimum Gasteiger partial charge on any atom is -0.492 e. The van der Waals surface area contributed by atoms with Crippen LogP contribution in [0.5, 0.6) is 5.75 Å². The van der Waals surface area contributed by atoms with Crippen molar-refractivity contribution in [3.63, 3.8) is 0 Å². The van der Waals surface area contributed by atoms with E-state index < -0.39 is 9.05 Å². The lowest BCUT2D eigenvalue weighted by Gasteiger charge is -2.10. The number of hydrogen-bond donors (Lipinski definition) is 0. The predicted molar refractivity (Wildman–Crippen MR) is 90.6 cm³/mol. The number of benzene rings is 2. The topological polar surface area (TPSA) is 43.4 Å². The molecule has 0 heterocycles. The summed E-state index contributed by atoms with van der Waals surface area (Å²) in [6, 6.07) is 12.0. The summed E-state index contributed by atoms with van der Waals surface area (Å²) in [4.78, 5) is 0. The van der Waals surface area contributed by atoms with Crippen LogP contribution < -0.4 is 4.74 Å². The Labute approximate surface area is 137 Å². The zero-order valence-electron chi connectivity index (χ0n) is 11.4. The molecule has 21 heavy (non-hydrogen) atoms. The van der Waals surface area contributed by atoms with Crippen molar-refractivity contribution in [2.45, 2.75) is 19.3 Å². The monoisotopic (exact) mass is 390 g/mol. The maximum absolute atomic E-state index is 10.8. The standard InChI is InChI=1S/C15H16BrClO3S/c16-15-13-7-3-2-6-12(13)8-9-14(15)20-10-4-1-5-11-21(17,18)19/h2-3,6-9H,1,4-5,10-11H2. The predicted octanol–water partition coefficient (Wildman–Crippen LogP) is 4.72. The minimum atomic E-state index is -3.37. The first-order valence-corrected chi connectivity index (χ1v) is 9.97. The van der Waals surface area contributed by atoms with E-state index in [0.717, 1.165) is 33.8 Å². The molecule has 0 atom stereocenters. The molecular formula is C15H16BrClO3S. The van der Waals surface area contributed by atoms with Crippen molar-refractivity contribution in [2.24, 2.45) is 0 Å². The van der Waals surface area contributed by atoms with Crippen LogP contribution in [-0.2, 0) is 9.05 Å². The Hall–Kier alpha value is -0.780. The van der Waals surface area contributed by atoms with Crippen LogP contribution >= 0.6 is 26.6 Å². The fourth-order valence-electron chi connectivity index (χ4n) is 2.06. The number of fused-ring (bicyclic) bond motifs is 1. The molecule has 2 aromatic carbocycles. The maximum atomic E-state index is 10.8. The molecule has 0 aliphatic carbocycles. The first-order chi connectivity index (χ1) is 9.97. The van der Waals surface area contributed by atoms with Gasteiger partial charge in [-0.25, -0.2) is 8.42 Å². The van der Waals surface area contributed by atoms with Crippen LogP contribution in [0, 0.1) is 0 Å². The van der Waals surface area contributed by atoms with Gasteiger partial charge in [0, 0.05) is 10.7 Å². The van der Waals surface area contributed by atoms with Crippen molar-refractivity contribution in [3.8, 4) is 5.75 Å². The average Bonchev–Trinajstić information content (AvgIpc) is 2.44. The second kappa shape index (κ2) is 7.47. The molecule has 0 unspecified atom stereocenters. The van der Waals surface area contributed by atoms with E-state index in [-0.39, 0.29) is 5.75 Å². The van der Waals surface area contributed by atoms with Crippen molar-refractivity contribution >= 4 is 46.4 Å². The van der Waals surface area contributed by atoms with Gasteiger partial charge < -0.3 is 4.74 Å². The van der Waals surface area contributed by atoms with Gasteiger partial charge in [-0.05, 0) is 52.0 Å². The number of halogens is 2. The third kappa shape index (κ3) is 5.16. The van der Waals surface area contributed by atoms with Gasteiger partial charge in [-0.15, -0.1) is 0 Å². The highest BCUT2D eigenvalue weighted by Gasteiger charge is 2.06. The second-order valence-electron chi connectivity index (χ2n) is 4.75. The van der Waals surface area contributed by atoms with Gasteiger partial charge in [-0.2, -0.15) is 0 Å². The molecule has 3 nitrogen and oxygen atoms in total. The molecule has 0 spiro atoms. The third-order valence-electron chi connectivity index (χ3n) is 3.12. The second-order valence-corrected chi connectivity index (χ2v) is 8.44. The zero-order valence-corrected chi connectivity index (χ0v) is 14.5. The van der Waals surface area contributed by atoms with Crippen LogP contribution in [-0.4, -0.2) is 20.8 Å². The van der Waals surface area contributed by atoms with E-state index in [1.165, 1.54) is 0 Å². The van der Waals surface area contributed by atoms with E-state index in [4.69, 9.17) is 15.4 Å². The van der Waals surface area contributed by atoms with Gasteiger partial charge in [0.25, 0.3) is 0 Å². The SMILES string of the molecule is O=S(=O)(Cl)CCCCCOc1ccc2ccccc2c1Br. The first-order valence-electron chi connectivity index (χ1n) is 6.70. The number of unbranched alkanes of at least 4 members (excludes halogenated alkanes) is 2. The summed E-state index contributed by atoms with van der Waals surface area (Å²) in [5, 5.41) is 2.27. The Morgan fingerprint density at radius 1 is 1.05 bits per heavy atom. The minimum absolute atomic E-state index is 0.0220. The van der Waals surface area contributed by atoms with Crippen molar-refractivity contribution in [2.75, 3.05) is 12.4 Å². The molecule has 0 aliphatic rings. The van der Waals surface area contributed by atoms with Gasteiger partial charge in [-0.1, -0.05) is 30.3 Å². The summed E-state index contributed by atoms with van der Waals surface area (Å²) in [6.45, 7) is 0.555. The van der Waals surface area contributed by atoms with Gasteiger partial charge in [0.1, 0.15) is 5.75 Å². The molecule has 0 saturated carbocycles. The molecule has 2 aromatic rings. The normalized spacial score (nSPS) is 11.7. The molecule has 0 saturated heterocycles. The van der Waals surface area contributed by atoms with E-state index in [1.807, 2.05) is 30.3 Å². The Balaban J connectivity index is 1.85. The highest BCUT2D eigenvalue weighted by molar-refractivity contribution is 9.10. The van der Waals surface area contributed by atoms with Crippen LogP contribution in [0.1, 0.15) is 19.3 Å². The smallest absolute Gasteiger partial charge is 0.232 e. The van der Waals surface area contributed by atoms with Crippen molar-refractivity contribution in [1.82, 2.24) is 0 Å². The Kier molecular flexibility index (Phi) is 5.90. The fraction of sp³-hybridized carbons (Fsp3) is 0.333. The number of hydrogen-bond acceptors (Lipinski definition) is 3. The molecule has 0 fully saturated rings. The van der Waals surface area contributed by atoms with E-state index >= 15 is 0 Å².